The van der Waals surface area contributed by atoms with Crippen molar-refractivity contribution in [3.63, 3.8) is 0 Å². The Hall–Kier alpha value is -12.2. The Bertz CT molecular complexity index is 5900. The summed E-state index contributed by atoms with van der Waals surface area (Å²) in [5, 5.41) is 2.45. The van der Waals surface area contributed by atoms with Crippen LogP contribution in [0.15, 0.2) is 340 Å². The lowest BCUT2D eigenvalue weighted by Crippen LogP contribution is -2.63. The van der Waals surface area contributed by atoms with Gasteiger partial charge in [-0.2, -0.15) is 0 Å². The summed E-state index contributed by atoms with van der Waals surface area (Å²) in [6.07, 6.45) is 0. The SMILES string of the molecule is c1ccc(-c2ccc(N3c4cc(-n5c6ccccc6c6ccccc65)cc5c4B(c4cc(-c6ccccc6)ccc4N5c4cccc5c4-c4ccccc4C54c5ccccc5-c5ccccc54)c4c3ccc3c4C4(c5ccccc5-c5ccccc54)c4ccccc4-3)cc2)cc1. The Morgan fingerprint density at radius 1 is 0.240 bits per heavy atom. The predicted octanol–water partition coefficient (Wildman–Crippen LogP) is 20.9. The zero-order valence-corrected chi connectivity index (χ0v) is 52.3. The third-order valence-electron chi connectivity index (χ3n) is 22.6. The number of rotatable bonds is 5. The van der Waals surface area contributed by atoms with Gasteiger partial charge in [0.2, 0.25) is 0 Å². The summed E-state index contributed by atoms with van der Waals surface area (Å²) in [6, 6.07) is 130. The number of fused-ring (bicyclic) bond motifs is 28. The second-order valence-corrected chi connectivity index (χ2v) is 26.8. The summed E-state index contributed by atoms with van der Waals surface area (Å²) in [7, 11) is 0. The molecule has 0 unspecified atom stereocenters. The smallest absolute Gasteiger partial charge is 0.252 e. The molecule has 0 fully saturated rings. The van der Waals surface area contributed by atoms with Gasteiger partial charge in [-0.25, -0.2) is 0 Å². The Labute approximate surface area is 557 Å². The second-order valence-electron chi connectivity index (χ2n) is 26.8. The van der Waals surface area contributed by atoms with Crippen LogP contribution in [-0.2, 0) is 10.8 Å². The lowest BCUT2D eigenvalue weighted by molar-refractivity contribution is 0.794. The van der Waals surface area contributed by atoms with Gasteiger partial charge in [-0.05, 0) is 177 Å². The molecule has 0 bridgehead atoms. The van der Waals surface area contributed by atoms with Gasteiger partial charge >= 0.3 is 0 Å². The van der Waals surface area contributed by atoms with Crippen LogP contribution >= 0.6 is 0 Å². The quantitative estimate of drug-likeness (QED) is 0.159. The molecule has 6 aliphatic rings. The van der Waals surface area contributed by atoms with Gasteiger partial charge in [0.05, 0.1) is 33.2 Å². The van der Waals surface area contributed by atoms with E-state index in [2.05, 4.69) is 354 Å². The molecule has 442 valence electrons. The van der Waals surface area contributed by atoms with Crippen LogP contribution in [0.3, 0.4) is 0 Å². The average Bonchev–Trinajstić information content (AvgIpc) is 1.42. The summed E-state index contributed by atoms with van der Waals surface area (Å²) in [5.41, 5.74) is 38.6. The van der Waals surface area contributed by atoms with Gasteiger partial charge in [0, 0.05) is 44.8 Å². The maximum absolute atomic E-state index is 2.72. The number of para-hydroxylation sites is 2. The van der Waals surface area contributed by atoms with Crippen LogP contribution in [0.4, 0.5) is 34.1 Å². The molecule has 15 aromatic carbocycles. The van der Waals surface area contributed by atoms with Crippen molar-refractivity contribution >= 4 is 79.0 Å². The molecular weight excluding hydrogens is 1160 g/mol. The van der Waals surface area contributed by atoms with Crippen LogP contribution in [0.2, 0.25) is 0 Å². The Morgan fingerprint density at radius 2 is 0.667 bits per heavy atom. The highest BCUT2D eigenvalue weighted by Crippen LogP contribution is 2.67. The molecule has 0 radical (unpaired) electrons. The molecule has 0 saturated heterocycles. The van der Waals surface area contributed by atoms with Crippen LogP contribution in [0.25, 0.3) is 94.3 Å². The highest BCUT2D eigenvalue weighted by atomic mass is 15.2. The van der Waals surface area contributed by atoms with Crippen molar-refractivity contribution in [1.82, 2.24) is 4.57 Å². The maximum atomic E-state index is 2.72. The minimum Gasteiger partial charge on any atom is -0.311 e. The van der Waals surface area contributed by atoms with E-state index in [0.29, 0.717) is 0 Å². The van der Waals surface area contributed by atoms with Crippen LogP contribution in [-0.4, -0.2) is 11.3 Å². The first-order valence-corrected chi connectivity index (χ1v) is 33.7. The molecule has 0 N–H and O–H groups in total. The molecule has 16 aromatic rings. The van der Waals surface area contributed by atoms with E-state index in [1.54, 1.807) is 0 Å². The maximum Gasteiger partial charge on any atom is 0.252 e. The van der Waals surface area contributed by atoms with Gasteiger partial charge in [0.15, 0.2) is 0 Å². The van der Waals surface area contributed by atoms with Crippen LogP contribution < -0.4 is 26.2 Å². The topological polar surface area (TPSA) is 11.4 Å². The van der Waals surface area contributed by atoms with Crippen LogP contribution in [0, 0.1) is 0 Å². The molecule has 3 heterocycles. The van der Waals surface area contributed by atoms with E-state index >= 15 is 0 Å². The third-order valence-corrected chi connectivity index (χ3v) is 22.6. The van der Waals surface area contributed by atoms with Crippen molar-refractivity contribution < 1.29 is 0 Å². The van der Waals surface area contributed by atoms with Gasteiger partial charge in [-0.1, -0.05) is 285 Å². The minimum atomic E-state index is -0.658. The van der Waals surface area contributed by atoms with Crippen molar-refractivity contribution in [2.24, 2.45) is 0 Å². The summed E-state index contributed by atoms with van der Waals surface area (Å²) >= 11 is 0. The predicted molar refractivity (Wildman–Crippen MR) is 398 cm³/mol. The fourth-order valence-corrected chi connectivity index (χ4v) is 19.1. The van der Waals surface area contributed by atoms with Crippen molar-refractivity contribution in [3.8, 4) is 72.4 Å². The van der Waals surface area contributed by atoms with E-state index in [0.717, 1.165) is 34.1 Å². The zero-order chi connectivity index (χ0) is 62.5. The van der Waals surface area contributed by atoms with Crippen LogP contribution in [0.5, 0.6) is 0 Å². The van der Waals surface area contributed by atoms with E-state index in [9.17, 15) is 0 Å². The molecule has 22 rings (SSSR count). The third kappa shape index (κ3) is 6.53. The van der Waals surface area contributed by atoms with E-state index in [-0.39, 0.29) is 6.71 Å². The van der Waals surface area contributed by atoms with Gasteiger partial charge < -0.3 is 14.4 Å². The summed E-state index contributed by atoms with van der Waals surface area (Å²) in [5.74, 6) is 0. The van der Waals surface area contributed by atoms with E-state index < -0.39 is 10.8 Å². The van der Waals surface area contributed by atoms with Crippen molar-refractivity contribution in [1.29, 1.82) is 0 Å². The number of nitrogens with zero attached hydrogens (tertiary/aromatic N) is 3. The first-order valence-electron chi connectivity index (χ1n) is 33.7. The number of hydrogen-bond donors (Lipinski definition) is 0. The molecule has 2 aliphatic heterocycles. The second kappa shape index (κ2) is 19.2. The average molecular weight is 1210 g/mol. The minimum absolute atomic E-state index is 0.267. The first-order chi connectivity index (χ1) is 47.7. The monoisotopic (exact) mass is 1210 g/mol. The molecule has 4 heteroatoms. The summed E-state index contributed by atoms with van der Waals surface area (Å²) < 4.78 is 2.54. The van der Waals surface area contributed by atoms with Gasteiger partial charge in [0.25, 0.3) is 6.71 Å². The lowest BCUT2D eigenvalue weighted by Gasteiger charge is -2.46. The standard InChI is InChI=1S/C92H56BN3/c1-3-24-57(25-4-1)59-46-49-61(50-47-59)94-84-53-51-70-67-32-11-19-40-76(67)92(74-38-17-9-30-65(74)66-31-10-18-39-75(66)92)88(70)90(84)93-79-54-60(58-26-5-2-6-27-58)48-52-82(79)96(86-56-62(55-85(94)89(86)93)95-80-43-21-13-33-68(80)69-34-14-22-44-81(69)95)83-45-23-42-78-87(83)71-35-12-20-41-77(71)91(78)72-36-15-7-28-63(72)64-29-8-16-37-73(64)91/h1-56H. The summed E-state index contributed by atoms with van der Waals surface area (Å²) in [4.78, 5) is 5.38. The van der Waals surface area contributed by atoms with Crippen molar-refractivity contribution in [2.45, 2.75) is 10.8 Å². The summed E-state index contributed by atoms with van der Waals surface area (Å²) in [6.45, 7) is -0.267. The Morgan fingerprint density at radius 3 is 1.24 bits per heavy atom. The normalized spacial score (nSPS) is 14.4. The number of benzene rings is 15. The van der Waals surface area contributed by atoms with Crippen molar-refractivity contribution in [3.05, 3.63) is 384 Å². The molecule has 2 spiro atoms. The van der Waals surface area contributed by atoms with E-state index in [1.807, 2.05) is 0 Å². The Balaban J connectivity index is 0.920. The van der Waals surface area contributed by atoms with E-state index in [4.69, 9.17) is 0 Å². The van der Waals surface area contributed by atoms with Gasteiger partial charge in [-0.3, -0.25) is 0 Å². The van der Waals surface area contributed by atoms with Crippen LogP contribution in [0.1, 0.15) is 44.5 Å². The zero-order valence-electron chi connectivity index (χ0n) is 52.3. The molecule has 1 aromatic heterocycles. The van der Waals surface area contributed by atoms with Gasteiger partial charge in [-0.15, -0.1) is 0 Å². The molecule has 0 amide bonds. The number of aromatic nitrogens is 1. The largest absolute Gasteiger partial charge is 0.311 e. The first kappa shape index (κ1) is 52.3. The fourth-order valence-electron chi connectivity index (χ4n) is 19.1. The number of anilines is 6. The highest BCUT2D eigenvalue weighted by Gasteiger charge is 2.58. The number of hydrogen-bond acceptors (Lipinski definition) is 2. The molecule has 0 saturated carbocycles. The van der Waals surface area contributed by atoms with E-state index in [1.165, 1.54) is 155 Å². The molecular formula is C92H56BN3. The molecule has 3 nitrogen and oxygen atoms in total. The molecule has 0 atom stereocenters. The Kier molecular flexibility index (Phi) is 10.5. The lowest BCUT2D eigenvalue weighted by atomic mass is 9.32. The highest BCUT2D eigenvalue weighted by molar-refractivity contribution is 7.01. The molecule has 4 aliphatic carbocycles. The van der Waals surface area contributed by atoms with Crippen molar-refractivity contribution in [2.75, 3.05) is 9.80 Å². The molecule has 96 heavy (non-hydrogen) atoms. The van der Waals surface area contributed by atoms with Gasteiger partial charge in [0.1, 0.15) is 0 Å². The fraction of sp³-hybridized carbons (Fsp3) is 0.0217.